The lowest BCUT2D eigenvalue weighted by Crippen LogP contribution is -2.26. The van der Waals surface area contributed by atoms with Crippen molar-refractivity contribution in [1.29, 1.82) is 0 Å². The topological polar surface area (TPSA) is 178 Å². The van der Waals surface area contributed by atoms with Gasteiger partial charge in [-0.15, -0.1) is 0 Å². The molecule has 0 radical (unpaired) electrons. The summed E-state index contributed by atoms with van der Waals surface area (Å²) >= 11 is 22.8. The van der Waals surface area contributed by atoms with Crippen LogP contribution >= 0.6 is 46.4 Å². The van der Waals surface area contributed by atoms with Gasteiger partial charge in [0.1, 0.15) is 22.7 Å². The van der Waals surface area contributed by atoms with Gasteiger partial charge in [-0.3, -0.25) is 29.4 Å². The molecule has 0 saturated heterocycles. The van der Waals surface area contributed by atoms with E-state index < -0.39 is 39.1 Å². The molecular weight excluding hydrogens is 857 g/mol. The standard InChI is InChI=1S/C20H18Cl2N2O5.C14H17NO3.C6H2Cl2FNO2/c1-11-10-23(19(25)29-20(2,3)4)17-6-5-13(9-14(11)17)28-18-15(21)7-12(24(26)27)8-16(18)22;1-9-8-15(13(17)18-14(2,3)4)12-6-5-10(16)7-11(9)12;7-4-1-3(10(11)12)2-5(8)6(4)9/h5-10H,1-4H3;5-8,16H,1-4H3;1-2H. The minimum Gasteiger partial charge on any atom is -0.508 e. The molecule has 0 saturated carbocycles. The molecule has 4 aromatic carbocycles. The van der Waals surface area contributed by atoms with Crippen molar-refractivity contribution in [3.8, 4) is 17.2 Å². The lowest BCUT2D eigenvalue weighted by Gasteiger charge is -2.19. The number of nitro groups is 2. The Morgan fingerprint density at radius 1 is 0.661 bits per heavy atom. The molecule has 0 aliphatic carbocycles. The zero-order chi connectivity index (χ0) is 44.3. The predicted octanol–water partition coefficient (Wildman–Crippen LogP) is 13.2. The Morgan fingerprint density at radius 2 is 1.05 bits per heavy atom. The van der Waals surface area contributed by atoms with Gasteiger partial charge in [-0.2, -0.15) is 0 Å². The monoisotopic (exact) mass is 892 g/mol. The number of aromatic hydroxyl groups is 1. The Morgan fingerprint density at radius 3 is 1.46 bits per heavy atom. The van der Waals surface area contributed by atoms with Crippen molar-refractivity contribution < 1.29 is 43.1 Å². The first kappa shape index (κ1) is 46.1. The molecule has 0 aliphatic rings. The van der Waals surface area contributed by atoms with Crippen LogP contribution in [0, 0.1) is 39.9 Å². The highest BCUT2D eigenvalue weighted by Crippen LogP contribution is 2.40. The number of aromatic nitrogens is 2. The molecule has 0 bridgehead atoms. The normalized spacial score (nSPS) is 11.3. The maximum atomic E-state index is 12.7. The van der Waals surface area contributed by atoms with Gasteiger partial charge < -0.3 is 19.3 Å². The Bertz CT molecular complexity index is 2570. The summed E-state index contributed by atoms with van der Waals surface area (Å²) in [6.45, 7) is 14.6. The van der Waals surface area contributed by atoms with Crippen LogP contribution in [0.3, 0.4) is 0 Å². The number of halogens is 5. The lowest BCUT2D eigenvalue weighted by molar-refractivity contribution is -0.385. The van der Waals surface area contributed by atoms with Gasteiger partial charge in [0.2, 0.25) is 0 Å². The fourth-order valence-corrected chi connectivity index (χ4v) is 6.29. The Labute approximate surface area is 356 Å². The summed E-state index contributed by atoms with van der Waals surface area (Å²) in [5.41, 5.74) is 1.46. The molecule has 1 N–H and O–H groups in total. The van der Waals surface area contributed by atoms with E-state index in [9.17, 15) is 39.3 Å². The number of hydrogen-bond acceptors (Lipinski definition) is 10. The van der Waals surface area contributed by atoms with E-state index in [-0.39, 0.29) is 43.0 Å². The first-order chi connectivity index (χ1) is 27.3. The summed E-state index contributed by atoms with van der Waals surface area (Å²) in [5.74, 6) is -0.126. The van der Waals surface area contributed by atoms with E-state index in [0.29, 0.717) is 11.3 Å². The molecule has 2 heterocycles. The van der Waals surface area contributed by atoms with Gasteiger partial charge >= 0.3 is 12.2 Å². The fraction of sp³-hybridized carbons (Fsp3) is 0.250. The van der Waals surface area contributed by atoms with E-state index in [4.69, 9.17) is 60.6 Å². The molecule has 0 atom stereocenters. The minimum absolute atomic E-state index is 0.0207. The highest BCUT2D eigenvalue weighted by Gasteiger charge is 2.23. The Kier molecular flexibility index (Phi) is 14.2. The van der Waals surface area contributed by atoms with Crippen molar-refractivity contribution in [3.05, 3.63) is 130 Å². The number of phenolic OH excluding ortho intramolecular Hbond substituents is 1. The quantitative estimate of drug-likeness (QED) is 0.102. The third-order valence-electron chi connectivity index (χ3n) is 7.74. The number of carbonyl (C=O) groups is 2. The van der Waals surface area contributed by atoms with E-state index in [1.54, 1.807) is 69.6 Å². The summed E-state index contributed by atoms with van der Waals surface area (Å²) in [6, 6.07) is 14.2. The van der Waals surface area contributed by atoms with Gasteiger partial charge in [0.05, 0.1) is 41.0 Å². The average Bonchev–Trinajstić information content (AvgIpc) is 3.63. The van der Waals surface area contributed by atoms with Crippen LogP contribution in [0.4, 0.5) is 25.4 Å². The summed E-state index contributed by atoms with van der Waals surface area (Å²) in [7, 11) is 0. The van der Waals surface area contributed by atoms with Crippen LogP contribution in [0.15, 0.2) is 73.1 Å². The van der Waals surface area contributed by atoms with Crippen molar-refractivity contribution in [1.82, 2.24) is 9.13 Å². The van der Waals surface area contributed by atoms with Crippen LogP contribution in [0.5, 0.6) is 17.2 Å². The molecule has 312 valence electrons. The van der Waals surface area contributed by atoms with Crippen molar-refractivity contribution in [2.75, 3.05) is 0 Å². The molecule has 19 heteroatoms. The zero-order valence-corrected chi connectivity index (χ0v) is 35.8. The van der Waals surface area contributed by atoms with Crippen LogP contribution in [-0.2, 0) is 9.47 Å². The van der Waals surface area contributed by atoms with Gasteiger partial charge in [-0.1, -0.05) is 46.4 Å². The molecule has 2 aromatic heterocycles. The third kappa shape index (κ3) is 11.8. The number of hydrogen-bond donors (Lipinski definition) is 1. The second-order valence-electron chi connectivity index (χ2n) is 14.8. The average molecular weight is 895 g/mol. The van der Waals surface area contributed by atoms with Crippen molar-refractivity contribution in [2.24, 2.45) is 0 Å². The van der Waals surface area contributed by atoms with E-state index in [1.165, 1.54) is 21.3 Å². The molecule has 6 aromatic rings. The SMILES string of the molecule is Cc1cn(C(=O)OC(C)(C)C)c2ccc(O)cc12.Cc1cn(C(=O)OC(C)(C)C)c2ccc(Oc3c(Cl)cc([N+](=O)[O-])cc3Cl)cc12.O=[N+]([O-])c1cc(Cl)c(F)c(Cl)c1. The van der Waals surface area contributed by atoms with Crippen LogP contribution < -0.4 is 4.74 Å². The maximum absolute atomic E-state index is 12.7. The summed E-state index contributed by atoms with van der Waals surface area (Å²) in [6.07, 6.45) is 2.52. The number of aryl methyl sites for hydroxylation is 2. The van der Waals surface area contributed by atoms with E-state index in [0.717, 1.165) is 39.5 Å². The van der Waals surface area contributed by atoms with Crippen molar-refractivity contribution >= 4 is 91.8 Å². The lowest BCUT2D eigenvalue weighted by atomic mass is 10.2. The summed E-state index contributed by atoms with van der Waals surface area (Å²) in [5, 5.41) is 31.5. The largest absolute Gasteiger partial charge is 0.508 e. The first-order valence-corrected chi connectivity index (χ1v) is 18.8. The van der Waals surface area contributed by atoms with Crippen LogP contribution in [-0.4, -0.2) is 47.5 Å². The predicted molar refractivity (Wildman–Crippen MR) is 225 cm³/mol. The molecular formula is C40H37Cl4FN4O10. The number of nitrogens with zero attached hydrogens (tertiary/aromatic N) is 4. The maximum Gasteiger partial charge on any atom is 0.418 e. The van der Waals surface area contributed by atoms with Crippen LogP contribution in [0.25, 0.3) is 21.8 Å². The molecule has 0 spiro atoms. The number of carbonyl (C=O) groups excluding carboxylic acids is 2. The van der Waals surface area contributed by atoms with E-state index in [2.05, 4.69) is 0 Å². The number of ether oxygens (including phenoxy) is 3. The molecule has 0 amide bonds. The van der Waals surface area contributed by atoms with Gasteiger partial charge in [-0.05, 0) is 103 Å². The number of phenols is 1. The Hall–Kier alpha value is -5.61. The molecule has 0 fully saturated rings. The third-order valence-corrected chi connectivity index (χ3v) is 8.85. The number of nitro benzene ring substituents is 2. The number of non-ortho nitro benzene ring substituents is 2. The minimum atomic E-state index is -0.844. The van der Waals surface area contributed by atoms with Crippen molar-refractivity contribution in [3.63, 3.8) is 0 Å². The fourth-order valence-electron chi connectivity index (χ4n) is 5.26. The zero-order valence-electron chi connectivity index (χ0n) is 32.7. The molecule has 14 nitrogen and oxygen atoms in total. The van der Waals surface area contributed by atoms with Gasteiger partial charge in [-0.25, -0.2) is 14.0 Å². The highest BCUT2D eigenvalue weighted by atomic mass is 35.5. The summed E-state index contributed by atoms with van der Waals surface area (Å²) in [4.78, 5) is 44.3. The summed E-state index contributed by atoms with van der Waals surface area (Å²) < 4.78 is 32.1. The van der Waals surface area contributed by atoms with Gasteiger partial charge in [0.25, 0.3) is 11.4 Å². The van der Waals surface area contributed by atoms with E-state index in [1.807, 2.05) is 34.6 Å². The molecule has 6 rings (SSSR count). The van der Waals surface area contributed by atoms with E-state index >= 15 is 0 Å². The van der Waals surface area contributed by atoms with Gasteiger partial charge in [0.15, 0.2) is 11.6 Å². The number of fused-ring (bicyclic) bond motifs is 2. The molecule has 0 aliphatic heterocycles. The second kappa shape index (κ2) is 18.1. The molecule has 59 heavy (non-hydrogen) atoms. The Balaban J connectivity index is 0.000000217. The van der Waals surface area contributed by atoms with Crippen molar-refractivity contribution in [2.45, 2.75) is 66.6 Å². The first-order valence-electron chi connectivity index (χ1n) is 17.3. The number of rotatable bonds is 4. The van der Waals surface area contributed by atoms with Crippen LogP contribution in [0.2, 0.25) is 20.1 Å². The highest BCUT2D eigenvalue weighted by molar-refractivity contribution is 6.37. The smallest absolute Gasteiger partial charge is 0.418 e. The van der Waals surface area contributed by atoms with Gasteiger partial charge in [0, 0.05) is 47.4 Å². The number of benzene rings is 4. The van der Waals surface area contributed by atoms with Crippen LogP contribution in [0.1, 0.15) is 52.7 Å². The molecule has 0 unspecified atom stereocenters. The second-order valence-corrected chi connectivity index (χ2v) is 16.4.